The summed E-state index contributed by atoms with van der Waals surface area (Å²) in [6.07, 6.45) is 0. The number of carbonyl (C=O) groups excluding carboxylic acids is 2. The number of nitrogens with zero attached hydrogens (tertiary/aromatic N) is 1. The first-order valence-corrected chi connectivity index (χ1v) is 11.2. The summed E-state index contributed by atoms with van der Waals surface area (Å²) < 4.78 is 13.1. The van der Waals surface area contributed by atoms with Crippen molar-refractivity contribution in [1.29, 1.82) is 0 Å². The minimum atomic E-state index is -0.381. The fourth-order valence-corrected chi connectivity index (χ4v) is 4.83. The number of thioether (sulfide) groups is 1. The van der Waals surface area contributed by atoms with Gasteiger partial charge in [-0.3, -0.25) is 14.5 Å². The van der Waals surface area contributed by atoms with Gasteiger partial charge >= 0.3 is 0 Å². The van der Waals surface area contributed by atoms with Crippen molar-refractivity contribution in [2.24, 2.45) is 0 Å². The maximum atomic E-state index is 13.1. The van der Waals surface area contributed by atoms with Crippen molar-refractivity contribution in [3.05, 3.63) is 95.3 Å². The quantitative estimate of drug-likeness (QED) is 0.537. The van der Waals surface area contributed by atoms with Gasteiger partial charge in [-0.25, -0.2) is 4.39 Å². The molecular weight excluding hydrogens is 411 g/mol. The Balaban J connectivity index is 1.55. The first kappa shape index (κ1) is 21.1. The third-order valence-electron chi connectivity index (χ3n) is 5.25. The molecule has 2 amide bonds. The molecule has 1 atom stereocenters. The zero-order chi connectivity index (χ0) is 22.0. The van der Waals surface area contributed by atoms with Crippen LogP contribution in [0.3, 0.4) is 0 Å². The molecule has 1 fully saturated rings. The molecule has 3 aromatic rings. The molecule has 4 nitrogen and oxygen atoms in total. The van der Waals surface area contributed by atoms with E-state index in [1.807, 2.05) is 47.4 Å². The van der Waals surface area contributed by atoms with Crippen LogP contribution in [0, 0.1) is 5.82 Å². The first-order chi connectivity index (χ1) is 14.9. The number of para-hydroxylation sites is 1. The molecule has 0 radical (unpaired) electrons. The van der Waals surface area contributed by atoms with Gasteiger partial charge in [-0.05, 0) is 59.5 Å². The van der Waals surface area contributed by atoms with E-state index in [-0.39, 0.29) is 23.0 Å². The molecule has 1 unspecified atom stereocenters. The largest absolute Gasteiger partial charge is 0.322 e. The van der Waals surface area contributed by atoms with E-state index in [4.69, 9.17) is 0 Å². The molecular formula is C25H23FN2O2S. The second-order valence-electron chi connectivity index (χ2n) is 7.72. The zero-order valence-electron chi connectivity index (χ0n) is 17.3. The molecule has 0 spiro atoms. The van der Waals surface area contributed by atoms with Gasteiger partial charge in [-0.15, -0.1) is 11.8 Å². The lowest BCUT2D eigenvalue weighted by atomic mass is 10.00. The molecule has 1 aliphatic rings. The molecule has 0 saturated carbocycles. The standard InChI is InChI=1S/C25H23FN2O2S/c1-16(2)21-5-3-4-6-22(21)28-23(29)15-31-25(28)18-9-13-20(14-10-18)27-24(30)17-7-11-19(26)12-8-17/h3-14,16,25H,15H2,1-2H3,(H,27,30). The van der Waals surface area contributed by atoms with Crippen LogP contribution < -0.4 is 10.2 Å². The number of anilines is 2. The minimum Gasteiger partial charge on any atom is -0.322 e. The van der Waals surface area contributed by atoms with Gasteiger partial charge in [0.1, 0.15) is 11.2 Å². The molecule has 1 N–H and O–H groups in total. The normalized spacial score (nSPS) is 16.1. The average Bonchev–Trinajstić information content (AvgIpc) is 3.16. The third-order valence-corrected chi connectivity index (χ3v) is 6.46. The van der Waals surface area contributed by atoms with E-state index in [1.165, 1.54) is 24.3 Å². The lowest BCUT2D eigenvalue weighted by Gasteiger charge is -2.27. The van der Waals surface area contributed by atoms with Crippen LogP contribution in [0.5, 0.6) is 0 Å². The summed E-state index contributed by atoms with van der Waals surface area (Å²) in [5, 5.41) is 2.71. The van der Waals surface area contributed by atoms with E-state index in [0.29, 0.717) is 22.9 Å². The molecule has 3 aromatic carbocycles. The van der Waals surface area contributed by atoms with Gasteiger partial charge in [0.2, 0.25) is 5.91 Å². The first-order valence-electron chi connectivity index (χ1n) is 10.1. The van der Waals surface area contributed by atoms with Crippen LogP contribution >= 0.6 is 11.8 Å². The highest BCUT2D eigenvalue weighted by Gasteiger charge is 2.35. The van der Waals surface area contributed by atoms with Crippen molar-refractivity contribution < 1.29 is 14.0 Å². The molecule has 158 valence electrons. The van der Waals surface area contributed by atoms with Gasteiger partial charge in [-0.1, -0.05) is 44.2 Å². The van der Waals surface area contributed by atoms with Crippen molar-refractivity contribution in [2.45, 2.75) is 25.1 Å². The zero-order valence-corrected chi connectivity index (χ0v) is 18.2. The summed E-state index contributed by atoms with van der Waals surface area (Å²) in [5.74, 6) is 0.148. The maximum absolute atomic E-state index is 13.1. The van der Waals surface area contributed by atoms with Crippen LogP contribution in [-0.4, -0.2) is 17.6 Å². The molecule has 1 saturated heterocycles. The predicted octanol–water partition coefficient (Wildman–Crippen LogP) is 5.98. The Morgan fingerprint density at radius 3 is 2.39 bits per heavy atom. The highest BCUT2D eigenvalue weighted by molar-refractivity contribution is 8.00. The van der Waals surface area contributed by atoms with E-state index < -0.39 is 0 Å². The van der Waals surface area contributed by atoms with Gasteiger partial charge in [0, 0.05) is 16.9 Å². The number of amides is 2. The SMILES string of the molecule is CC(C)c1ccccc1N1C(=O)CSC1c1ccc(NC(=O)c2ccc(F)cc2)cc1. The van der Waals surface area contributed by atoms with E-state index in [1.54, 1.807) is 11.8 Å². The van der Waals surface area contributed by atoms with Crippen LogP contribution in [-0.2, 0) is 4.79 Å². The number of halogens is 1. The summed E-state index contributed by atoms with van der Waals surface area (Å²) in [6.45, 7) is 4.25. The summed E-state index contributed by atoms with van der Waals surface area (Å²) in [4.78, 5) is 27.0. The number of rotatable bonds is 5. The van der Waals surface area contributed by atoms with Crippen molar-refractivity contribution in [2.75, 3.05) is 16.0 Å². The Kier molecular flexibility index (Phi) is 6.09. The number of hydrogen-bond donors (Lipinski definition) is 1. The number of benzene rings is 3. The molecule has 1 aliphatic heterocycles. The highest BCUT2D eigenvalue weighted by atomic mass is 32.2. The Bertz CT molecular complexity index is 1100. The smallest absolute Gasteiger partial charge is 0.255 e. The Morgan fingerprint density at radius 1 is 1.03 bits per heavy atom. The fraction of sp³-hybridized carbons (Fsp3) is 0.200. The fourth-order valence-electron chi connectivity index (χ4n) is 3.66. The van der Waals surface area contributed by atoms with Crippen molar-refractivity contribution in [3.63, 3.8) is 0 Å². The lowest BCUT2D eigenvalue weighted by Crippen LogP contribution is -2.29. The third kappa shape index (κ3) is 4.49. The lowest BCUT2D eigenvalue weighted by molar-refractivity contribution is -0.115. The number of carbonyl (C=O) groups is 2. The van der Waals surface area contributed by atoms with E-state index >= 15 is 0 Å². The van der Waals surface area contributed by atoms with Crippen LogP contribution in [0.4, 0.5) is 15.8 Å². The number of nitrogens with one attached hydrogen (secondary N) is 1. The molecule has 0 aliphatic carbocycles. The minimum absolute atomic E-state index is 0.0942. The highest BCUT2D eigenvalue weighted by Crippen LogP contribution is 2.44. The second-order valence-corrected chi connectivity index (χ2v) is 8.79. The van der Waals surface area contributed by atoms with Gasteiger partial charge < -0.3 is 5.32 Å². The molecule has 31 heavy (non-hydrogen) atoms. The van der Waals surface area contributed by atoms with E-state index in [9.17, 15) is 14.0 Å². The van der Waals surface area contributed by atoms with Crippen LogP contribution in [0.25, 0.3) is 0 Å². The van der Waals surface area contributed by atoms with Crippen molar-refractivity contribution in [1.82, 2.24) is 0 Å². The van der Waals surface area contributed by atoms with Crippen molar-refractivity contribution in [3.8, 4) is 0 Å². The average molecular weight is 435 g/mol. The van der Waals surface area contributed by atoms with E-state index in [0.717, 1.165) is 16.8 Å². The van der Waals surface area contributed by atoms with Crippen LogP contribution in [0.1, 0.15) is 46.6 Å². The topological polar surface area (TPSA) is 49.4 Å². The number of hydrogen-bond acceptors (Lipinski definition) is 3. The summed E-state index contributed by atoms with van der Waals surface area (Å²) >= 11 is 1.60. The van der Waals surface area contributed by atoms with Gasteiger partial charge in [0.05, 0.1) is 5.75 Å². The maximum Gasteiger partial charge on any atom is 0.255 e. The Hall–Kier alpha value is -3.12. The van der Waals surface area contributed by atoms with E-state index in [2.05, 4.69) is 25.2 Å². The summed E-state index contributed by atoms with van der Waals surface area (Å²) in [7, 11) is 0. The summed E-state index contributed by atoms with van der Waals surface area (Å²) in [5.41, 5.74) is 4.12. The summed E-state index contributed by atoms with van der Waals surface area (Å²) in [6, 6.07) is 21.0. The second kappa shape index (κ2) is 8.94. The van der Waals surface area contributed by atoms with Gasteiger partial charge in [-0.2, -0.15) is 0 Å². The molecule has 1 heterocycles. The van der Waals surface area contributed by atoms with Gasteiger partial charge in [0.25, 0.3) is 5.91 Å². The van der Waals surface area contributed by atoms with Gasteiger partial charge in [0.15, 0.2) is 0 Å². The molecule has 6 heteroatoms. The van der Waals surface area contributed by atoms with Crippen LogP contribution in [0.15, 0.2) is 72.8 Å². The van der Waals surface area contributed by atoms with Crippen LogP contribution in [0.2, 0.25) is 0 Å². The molecule has 0 aromatic heterocycles. The van der Waals surface area contributed by atoms with Crippen molar-refractivity contribution >= 4 is 35.0 Å². The Morgan fingerprint density at radius 2 is 1.71 bits per heavy atom. The Labute approximate surface area is 185 Å². The monoisotopic (exact) mass is 434 g/mol. The molecule has 4 rings (SSSR count). The molecule has 0 bridgehead atoms. The predicted molar refractivity (Wildman–Crippen MR) is 124 cm³/mol.